The van der Waals surface area contributed by atoms with Crippen LogP contribution in [0.25, 0.3) is 0 Å². The number of hydrogen-bond acceptors (Lipinski definition) is 2. The molecule has 1 aliphatic heterocycles. The normalized spacial score (nSPS) is 19.7. The molecule has 0 amide bonds. The zero-order valence-electron chi connectivity index (χ0n) is 9.69. The first-order valence-electron chi connectivity index (χ1n) is 5.89. The van der Waals surface area contributed by atoms with Gasteiger partial charge in [-0.15, -0.1) is 0 Å². The number of hydrogen-bond donors (Lipinski definition) is 1. The van der Waals surface area contributed by atoms with Gasteiger partial charge in [-0.05, 0) is 38.8 Å². The quantitative estimate of drug-likeness (QED) is 0.817. The Bertz CT molecular complexity index is 271. The van der Waals surface area contributed by atoms with E-state index in [0.29, 0.717) is 12.1 Å². The lowest BCUT2D eigenvalue weighted by molar-refractivity contribution is 0.174. The van der Waals surface area contributed by atoms with E-state index in [-0.39, 0.29) is 0 Å². The third-order valence-corrected chi connectivity index (χ3v) is 3.20. The van der Waals surface area contributed by atoms with Crippen LogP contribution in [-0.4, -0.2) is 34.7 Å². The highest BCUT2D eigenvalue weighted by Crippen LogP contribution is 2.13. The van der Waals surface area contributed by atoms with E-state index in [4.69, 9.17) is 0 Å². The zero-order valence-corrected chi connectivity index (χ0v) is 9.69. The third-order valence-electron chi connectivity index (χ3n) is 3.20. The fraction of sp³-hybridized carbons (Fsp3) is 0.667. The molecule has 1 aromatic heterocycles. The fourth-order valence-electron chi connectivity index (χ4n) is 2.18. The third kappa shape index (κ3) is 2.75. The van der Waals surface area contributed by atoms with Gasteiger partial charge < -0.3 is 10.3 Å². The van der Waals surface area contributed by atoms with Gasteiger partial charge in [0.25, 0.3) is 0 Å². The average Bonchev–Trinajstić information content (AvgIpc) is 2.71. The molecular weight excluding hydrogens is 186 g/mol. The summed E-state index contributed by atoms with van der Waals surface area (Å²) in [4.78, 5) is 2.55. The summed E-state index contributed by atoms with van der Waals surface area (Å²) in [6, 6.07) is 5.43. The average molecular weight is 207 g/mol. The summed E-state index contributed by atoms with van der Waals surface area (Å²) in [6.45, 7) is 6.99. The van der Waals surface area contributed by atoms with E-state index >= 15 is 0 Å². The Kier molecular flexibility index (Phi) is 3.31. The van der Waals surface area contributed by atoms with Crippen molar-refractivity contribution in [3.8, 4) is 0 Å². The predicted octanol–water partition coefficient (Wildman–Crippen LogP) is 1.90. The van der Waals surface area contributed by atoms with Crippen molar-refractivity contribution in [1.29, 1.82) is 0 Å². The van der Waals surface area contributed by atoms with Gasteiger partial charge in [0.2, 0.25) is 0 Å². The second-order valence-corrected chi connectivity index (χ2v) is 4.62. The molecule has 1 fully saturated rings. The van der Waals surface area contributed by atoms with Crippen LogP contribution in [0.5, 0.6) is 0 Å². The summed E-state index contributed by atoms with van der Waals surface area (Å²) in [5.74, 6) is 0. The van der Waals surface area contributed by atoms with Crippen LogP contribution in [0.4, 0.5) is 0 Å². The van der Waals surface area contributed by atoms with Crippen molar-refractivity contribution >= 4 is 0 Å². The number of nitrogens with zero attached hydrogens (tertiary/aromatic N) is 2. The van der Waals surface area contributed by atoms with E-state index in [0.717, 1.165) is 0 Å². The van der Waals surface area contributed by atoms with Gasteiger partial charge in [-0.3, -0.25) is 4.68 Å². The van der Waals surface area contributed by atoms with E-state index in [1.807, 2.05) is 0 Å². The number of aromatic nitrogens is 1. The van der Waals surface area contributed by atoms with Crippen LogP contribution in [-0.2, 0) is 0 Å². The van der Waals surface area contributed by atoms with Crippen LogP contribution in [0.15, 0.2) is 24.5 Å². The SMILES string of the molecule is CC(C)N1CCC(Nn2cccc2)CC1. The first-order valence-corrected chi connectivity index (χ1v) is 5.89. The Morgan fingerprint density at radius 1 is 1.13 bits per heavy atom. The van der Waals surface area contributed by atoms with Crippen molar-refractivity contribution in [1.82, 2.24) is 9.58 Å². The largest absolute Gasteiger partial charge is 0.323 e. The van der Waals surface area contributed by atoms with E-state index < -0.39 is 0 Å². The van der Waals surface area contributed by atoms with Gasteiger partial charge in [-0.2, -0.15) is 0 Å². The molecular formula is C12H21N3. The summed E-state index contributed by atoms with van der Waals surface area (Å²) in [5, 5.41) is 0. The summed E-state index contributed by atoms with van der Waals surface area (Å²) in [5.41, 5.74) is 3.51. The van der Waals surface area contributed by atoms with E-state index in [1.165, 1.54) is 25.9 Å². The van der Waals surface area contributed by atoms with Crippen molar-refractivity contribution in [2.24, 2.45) is 0 Å². The molecule has 2 rings (SSSR count). The molecule has 0 unspecified atom stereocenters. The standard InChI is InChI=1S/C12H21N3/c1-11(2)14-9-5-12(6-10-14)13-15-7-3-4-8-15/h3-4,7-8,11-13H,5-6,9-10H2,1-2H3. The zero-order chi connectivity index (χ0) is 10.7. The van der Waals surface area contributed by atoms with Gasteiger partial charge in [0, 0.05) is 37.6 Å². The van der Waals surface area contributed by atoms with Gasteiger partial charge in [-0.25, -0.2) is 0 Å². The predicted molar refractivity (Wildman–Crippen MR) is 63.5 cm³/mol. The monoisotopic (exact) mass is 207 g/mol. The minimum atomic E-state index is 0.632. The first kappa shape index (κ1) is 10.6. The van der Waals surface area contributed by atoms with Crippen LogP contribution in [0.3, 0.4) is 0 Å². The maximum absolute atomic E-state index is 3.51. The number of nitrogens with one attached hydrogen (secondary N) is 1. The van der Waals surface area contributed by atoms with E-state index in [2.05, 4.69) is 53.4 Å². The molecule has 0 aromatic carbocycles. The van der Waals surface area contributed by atoms with Crippen molar-refractivity contribution < 1.29 is 0 Å². The molecule has 0 aliphatic carbocycles. The Morgan fingerprint density at radius 2 is 1.73 bits per heavy atom. The Labute approximate surface area is 92.0 Å². The number of likely N-dealkylation sites (tertiary alicyclic amines) is 1. The summed E-state index contributed by atoms with van der Waals surface area (Å²) < 4.78 is 2.07. The molecule has 15 heavy (non-hydrogen) atoms. The lowest BCUT2D eigenvalue weighted by atomic mass is 10.0. The Balaban J connectivity index is 1.79. The maximum Gasteiger partial charge on any atom is 0.0448 e. The molecule has 1 N–H and O–H groups in total. The summed E-state index contributed by atoms with van der Waals surface area (Å²) in [7, 11) is 0. The minimum Gasteiger partial charge on any atom is -0.323 e. The van der Waals surface area contributed by atoms with E-state index in [1.54, 1.807) is 0 Å². The molecule has 84 valence electrons. The second-order valence-electron chi connectivity index (χ2n) is 4.62. The van der Waals surface area contributed by atoms with Crippen LogP contribution in [0, 0.1) is 0 Å². The Morgan fingerprint density at radius 3 is 2.27 bits per heavy atom. The molecule has 3 nitrogen and oxygen atoms in total. The lowest BCUT2D eigenvalue weighted by Crippen LogP contribution is -2.43. The first-order chi connectivity index (χ1) is 7.25. The molecule has 1 aliphatic rings. The lowest BCUT2D eigenvalue weighted by Gasteiger charge is -2.35. The second kappa shape index (κ2) is 4.71. The van der Waals surface area contributed by atoms with Crippen molar-refractivity contribution in [2.75, 3.05) is 18.5 Å². The molecule has 0 bridgehead atoms. The van der Waals surface area contributed by atoms with E-state index in [9.17, 15) is 0 Å². The van der Waals surface area contributed by atoms with Crippen LogP contribution in [0.1, 0.15) is 26.7 Å². The number of piperidine rings is 1. The molecule has 0 spiro atoms. The molecule has 0 radical (unpaired) electrons. The van der Waals surface area contributed by atoms with Gasteiger partial charge in [-0.1, -0.05) is 0 Å². The van der Waals surface area contributed by atoms with Crippen LogP contribution in [0.2, 0.25) is 0 Å². The molecule has 0 saturated carbocycles. The highest BCUT2D eigenvalue weighted by atomic mass is 15.4. The van der Waals surface area contributed by atoms with Gasteiger partial charge in [0.15, 0.2) is 0 Å². The maximum atomic E-state index is 3.51. The van der Waals surface area contributed by atoms with Crippen molar-refractivity contribution in [3.05, 3.63) is 24.5 Å². The molecule has 1 saturated heterocycles. The number of rotatable bonds is 3. The van der Waals surface area contributed by atoms with Crippen LogP contribution >= 0.6 is 0 Å². The topological polar surface area (TPSA) is 20.2 Å². The summed E-state index contributed by atoms with van der Waals surface area (Å²) >= 11 is 0. The molecule has 1 aromatic rings. The molecule has 2 heterocycles. The highest BCUT2D eigenvalue weighted by Gasteiger charge is 2.20. The van der Waals surface area contributed by atoms with Gasteiger partial charge >= 0.3 is 0 Å². The van der Waals surface area contributed by atoms with Gasteiger partial charge in [0.05, 0.1) is 0 Å². The van der Waals surface area contributed by atoms with Crippen molar-refractivity contribution in [3.63, 3.8) is 0 Å². The smallest absolute Gasteiger partial charge is 0.0448 e. The molecule has 3 heteroatoms. The summed E-state index contributed by atoms with van der Waals surface area (Å²) in [6.07, 6.45) is 6.62. The van der Waals surface area contributed by atoms with Crippen molar-refractivity contribution in [2.45, 2.75) is 38.8 Å². The van der Waals surface area contributed by atoms with Gasteiger partial charge in [0.1, 0.15) is 0 Å². The van der Waals surface area contributed by atoms with Crippen LogP contribution < -0.4 is 5.43 Å². The fourth-order valence-corrected chi connectivity index (χ4v) is 2.18. The minimum absolute atomic E-state index is 0.632. The molecule has 0 atom stereocenters. The Hall–Kier alpha value is -0.960. The highest BCUT2D eigenvalue weighted by molar-refractivity contribution is 4.96.